The van der Waals surface area contributed by atoms with E-state index in [-0.39, 0.29) is 12.5 Å². The van der Waals surface area contributed by atoms with E-state index in [1.807, 2.05) is 18.2 Å². The van der Waals surface area contributed by atoms with E-state index >= 15 is 0 Å². The standard InChI is InChI=1S/C25H27Cl2N3O4S/c1-4-28-25(32)17(2)29(15-20-21(26)12-8-13-22(20)27)24(31)16-30(35(3,33)34)23-14-7-10-18-9-5-6-11-19(18)23/h5-14,17H,4,15-16H2,1-3H3,(H,28,32)/t17-/m1/s1. The van der Waals surface area contributed by atoms with Gasteiger partial charge in [-0.05, 0) is 37.4 Å². The summed E-state index contributed by atoms with van der Waals surface area (Å²) >= 11 is 12.7. The number of amides is 2. The van der Waals surface area contributed by atoms with Crippen LogP contribution < -0.4 is 9.62 Å². The average molecular weight is 536 g/mol. The molecule has 0 aliphatic carbocycles. The molecule has 1 N–H and O–H groups in total. The Hall–Kier alpha value is -2.81. The van der Waals surface area contributed by atoms with Crippen molar-refractivity contribution in [2.45, 2.75) is 26.4 Å². The van der Waals surface area contributed by atoms with E-state index in [4.69, 9.17) is 23.2 Å². The van der Waals surface area contributed by atoms with Crippen molar-refractivity contribution in [3.8, 4) is 0 Å². The van der Waals surface area contributed by atoms with Crippen LogP contribution in [0, 0.1) is 0 Å². The molecule has 0 spiro atoms. The number of nitrogens with zero attached hydrogens (tertiary/aromatic N) is 2. The number of fused-ring (bicyclic) bond motifs is 1. The molecular formula is C25H27Cl2N3O4S. The molecule has 3 rings (SSSR count). The number of nitrogens with one attached hydrogen (secondary N) is 1. The molecule has 0 bridgehead atoms. The lowest BCUT2D eigenvalue weighted by Crippen LogP contribution is -2.51. The molecule has 35 heavy (non-hydrogen) atoms. The molecule has 3 aromatic rings. The Morgan fingerprint density at radius 1 is 0.971 bits per heavy atom. The number of anilines is 1. The number of likely N-dealkylation sites (N-methyl/N-ethyl adjacent to an activating group) is 1. The smallest absolute Gasteiger partial charge is 0.244 e. The van der Waals surface area contributed by atoms with E-state index in [2.05, 4.69) is 5.32 Å². The van der Waals surface area contributed by atoms with Crippen molar-refractivity contribution in [2.24, 2.45) is 0 Å². The largest absolute Gasteiger partial charge is 0.355 e. The van der Waals surface area contributed by atoms with Crippen molar-refractivity contribution >= 4 is 61.5 Å². The molecule has 0 saturated carbocycles. The summed E-state index contributed by atoms with van der Waals surface area (Å²) in [7, 11) is -3.85. The fourth-order valence-corrected chi connectivity index (χ4v) is 5.16. The first-order valence-electron chi connectivity index (χ1n) is 11.0. The van der Waals surface area contributed by atoms with E-state index in [0.717, 1.165) is 15.9 Å². The molecule has 0 fully saturated rings. The third-order valence-electron chi connectivity index (χ3n) is 5.62. The van der Waals surface area contributed by atoms with Gasteiger partial charge in [0.1, 0.15) is 12.6 Å². The molecule has 7 nitrogen and oxygen atoms in total. The SMILES string of the molecule is CCNC(=O)[C@@H](C)N(Cc1c(Cl)cccc1Cl)C(=O)CN(c1cccc2ccccc12)S(C)(=O)=O. The van der Waals surface area contributed by atoms with Crippen molar-refractivity contribution in [2.75, 3.05) is 23.7 Å². The molecule has 0 aliphatic rings. The average Bonchev–Trinajstić information content (AvgIpc) is 2.81. The van der Waals surface area contributed by atoms with E-state index in [0.29, 0.717) is 33.2 Å². The highest BCUT2D eigenvalue weighted by atomic mass is 35.5. The van der Waals surface area contributed by atoms with Crippen molar-refractivity contribution in [3.05, 3.63) is 76.3 Å². The number of sulfonamides is 1. The van der Waals surface area contributed by atoms with Gasteiger partial charge in [-0.2, -0.15) is 0 Å². The Labute approximate surface area is 215 Å². The molecule has 10 heteroatoms. The minimum Gasteiger partial charge on any atom is -0.355 e. The highest BCUT2D eigenvalue weighted by Crippen LogP contribution is 2.30. The molecule has 0 unspecified atom stereocenters. The monoisotopic (exact) mass is 535 g/mol. The Bertz CT molecular complexity index is 1320. The van der Waals surface area contributed by atoms with Gasteiger partial charge in [-0.3, -0.25) is 13.9 Å². The maximum Gasteiger partial charge on any atom is 0.244 e. The Morgan fingerprint density at radius 2 is 1.57 bits per heavy atom. The van der Waals surface area contributed by atoms with Crippen LogP contribution in [-0.4, -0.2) is 50.5 Å². The molecule has 3 aromatic carbocycles. The van der Waals surface area contributed by atoms with Crippen LogP contribution in [0.15, 0.2) is 60.7 Å². The first-order valence-corrected chi connectivity index (χ1v) is 13.6. The van der Waals surface area contributed by atoms with Gasteiger partial charge in [0.05, 0.1) is 11.9 Å². The number of hydrogen-bond donors (Lipinski definition) is 1. The summed E-state index contributed by atoms with van der Waals surface area (Å²) in [5.74, 6) is -0.946. The molecule has 0 aliphatic heterocycles. The highest BCUT2D eigenvalue weighted by molar-refractivity contribution is 7.92. The second-order valence-electron chi connectivity index (χ2n) is 8.06. The molecular weight excluding hydrogens is 509 g/mol. The van der Waals surface area contributed by atoms with Crippen LogP contribution in [-0.2, 0) is 26.2 Å². The second-order valence-corrected chi connectivity index (χ2v) is 10.8. The number of carbonyl (C=O) groups is 2. The van der Waals surface area contributed by atoms with Gasteiger partial charge in [0, 0.05) is 34.1 Å². The number of rotatable bonds is 9. The lowest BCUT2D eigenvalue weighted by molar-refractivity contribution is -0.139. The summed E-state index contributed by atoms with van der Waals surface area (Å²) in [4.78, 5) is 27.6. The van der Waals surface area contributed by atoms with Crippen molar-refractivity contribution < 1.29 is 18.0 Å². The summed E-state index contributed by atoms with van der Waals surface area (Å²) in [5.41, 5.74) is 0.844. The van der Waals surface area contributed by atoms with Crippen LogP contribution in [0.2, 0.25) is 10.0 Å². The summed E-state index contributed by atoms with van der Waals surface area (Å²) in [6.07, 6.45) is 1.05. The number of carbonyl (C=O) groups excluding carboxylic acids is 2. The predicted octanol–water partition coefficient (Wildman–Crippen LogP) is 4.47. The van der Waals surface area contributed by atoms with Gasteiger partial charge in [0.25, 0.3) is 0 Å². The van der Waals surface area contributed by atoms with Gasteiger partial charge in [-0.15, -0.1) is 0 Å². The lowest BCUT2D eigenvalue weighted by Gasteiger charge is -2.32. The molecule has 0 saturated heterocycles. The maximum atomic E-state index is 13.6. The Morgan fingerprint density at radius 3 is 2.20 bits per heavy atom. The number of hydrogen-bond acceptors (Lipinski definition) is 4. The fourth-order valence-electron chi connectivity index (χ4n) is 3.78. The van der Waals surface area contributed by atoms with Gasteiger partial charge in [0.15, 0.2) is 0 Å². The van der Waals surface area contributed by atoms with Crippen molar-refractivity contribution in [3.63, 3.8) is 0 Å². The summed E-state index contributed by atoms with van der Waals surface area (Å²) in [6.45, 7) is 3.16. The van der Waals surface area contributed by atoms with Crippen LogP contribution >= 0.6 is 23.2 Å². The molecule has 0 radical (unpaired) electrons. The van der Waals surface area contributed by atoms with E-state index in [9.17, 15) is 18.0 Å². The quantitative estimate of drug-likeness (QED) is 0.438. The first kappa shape index (κ1) is 26.8. The van der Waals surface area contributed by atoms with Crippen LogP contribution in [0.1, 0.15) is 19.4 Å². The van der Waals surface area contributed by atoms with Crippen LogP contribution in [0.25, 0.3) is 10.8 Å². The maximum absolute atomic E-state index is 13.6. The zero-order valence-corrected chi connectivity index (χ0v) is 22.0. The number of benzene rings is 3. The molecule has 186 valence electrons. The zero-order chi connectivity index (χ0) is 25.8. The second kappa shape index (κ2) is 11.3. The topological polar surface area (TPSA) is 86.8 Å². The third-order valence-corrected chi connectivity index (χ3v) is 7.46. The Balaban J connectivity index is 2.03. The molecule has 0 heterocycles. The minimum atomic E-state index is -3.85. The third kappa shape index (κ3) is 6.25. The minimum absolute atomic E-state index is 0.0667. The highest BCUT2D eigenvalue weighted by Gasteiger charge is 2.31. The number of halogens is 2. The molecule has 0 aromatic heterocycles. The molecule has 2 amide bonds. The van der Waals surface area contributed by atoms with Crippen LogP contribution in [0.4, 0.5) is 5.69 Å². The van der Waals surface area contributed by atoms with E-state index < -0.39 is 28.5 Å². The first-order chi connectivity index (χ1) is 16.5. The van der Waals surface area contributed by atoms with E-state index in [1.165, 1.54) is 4.90 Å². The van der Waals surface area contributed by atoms with Crippen LogP contribution in [0.3, 0.4) is 0 Å². The summed E-state index contributed by atoms with van der Waals surface area (Å²) in [6, 6.07) is 16.6. The fraction of sp³-hybridized carbons (Fsp3) is 0.280. The van der Waals surface area contributed by atoms with Gasteiger partial charge < -0.3 is 10.2 Å². The Kier molecular flexibility index (Phi) is 8.64. The van der Waals surface area contributed by atoms with Crippen molar-refractivity contribution in [1.29, 1.82) is 0 Å². The summed E-state index contributed by atoms with van der Waals surface area (Å²) in [5, 5.41) is 4.91. The predicted molar refractivity (Wildman–Crippen MR) is 141 cm³/mol. The van der Waals surface area contributed by atoms with Crippen LogP contribution in [0.5, 0.6) is 0 Å². The van der Waals surface area contributed by atoms with Gasteiger partial charge in [0.2, 0.25) is 21.8 Å². The van der Waals surface area contributed by atoms with Gasteiger partial charge in [-0.1, -0.05) is 65.7 Å². The van der Waals surface area contributed by atoms with Gasteiger partial charge in [-0.25, -0.2) is 8.42 Å². The normalized spacial score (nSPS) is 12.3. The van der Waals surface area contributed by atoms with Crippen molar-refractivity contribution in [1.82, 2.24) is 10.2 Å². The summed E-state index contributed by atoms with van der Waals surface area (Å²) < 4.78 is 26.7. The lowest BCUT2D eigenvalue weighted by atomic mass is 10.1. The van der Waals surface area contributed by atoms with Gasteiger partial charge >= 0.3 is 0 Å². The zero-order valence-electron chi connectivity index (χ0n) is 19.7. The molecule has 1 atom stereocenters. The van der Waals surface area contributed by atoms with E-state index in [1.54, 1.807) is 56.3 Å².